The number of H-pyrrole nitrogens is 1. The molecule has 0 unspecified atom stereocenters. The van der Waals surface area contributed by atoms with Gasteiger partial charge in [-0.15, -0.1) is 5.10 Å². The first-order valence-corrected chi connectivity index (χ1v) is 12.4. The second-order valence-corrected chi connectivity index (χ2v) is 9.24. The number of nitrogens with zero attached hydrogens (tertiary/aromatic N) is 5. The number of anilines is 1. The van der Waals surface area contributed by atoms with Gasteiger partial charge in [-0.05, 0) is 54.1 Å². The normalized spacial score (nSPS) is 16.0. The third-order valence-electron chi connectivity index (χ3n) is 7.00. The van der Waals surface area contributed by atoms with Crippen molar-refractivity contribution in [3.63, 3.8) is 0 Å². The van der Waals surface area contributed by atoms with Crippen molar-refractivity contribution in [1.29, 1.82) is 0 Å². The fraction of sp³-hybridized carbons (Fsp3) is 0.138. The first kappa shape index (κ1) is 21.7. The number of benzene rings is 2. The van der Waals surface area contributed by atoms with E-state index >= 15 is 0 Å². The topological polar surface area (TPSA) is 74.1 Å². The number of hydrogen-bond donors (Lipinski definition) is 2. The number of aromatic amines is 1. The number of nitrogens with one attached hydrogen (secondary N) is 2. The molecule has 0 amide bonds. The van der Waals surface area contributed by atoms with Crippen LogP contribution in [0.4, 0.5) is 10.2 Å². The highest BCUT2D eigenvalue weighted by atomic mass is 19.1. The Morgan fingerprint density at radius 1 is 0.919 bits per heavy atom. The van der Waals surface area contributed by atoms with Crippen LogP contribution >= 0.6 is 0 Å². The molecule has 5 heterocycles. The Labute approximate surface area is 212 Å². The summed E-state index contributed by atoms with van der Waals surface area (Å²) < 4.78 is 15.7. The van der Waals surface area contributed by atoms with E-state index in [1.54, 1.807) is 18.3 Å². The van der Waals surface area contributed by atoms with E-state index in [1.165, 1.54) is 17.7 Å². The smallest absolute Gasteiger partial charge is 0.155 e. The molecule has 0 saturated carbocycles. The lowest BCUT2D eigenvalue weighted by Crippen LogP contribution is -2.46. The molecule has 7 rings (SSSR count). The summed E-state index contributed by atoms with van der Waals surface area (Å²) in [5.74, 6) is 0.608. The Morgan fingerprint density at radius 2 is 1.78 bits per heavy atom. The summed E-state index contributed by atoms with van der Waals surface area (Å²) in [7, 11) is 0. The minimum Gasteiger partial charge on any atom is -0.352 e. The van der Waals surface area contributed by atoms with Crippen molar-refractivity contribution in [3.8, 4) is 22.5 Å². The van der Waals surface area contributed by atoms with Crippen LogP contribution in [0.1, 0.15) is 11.6 Å². The van der Waals surface area contributed by atoms with Crippen LogP contribution in [-0.4, -0.2) is 44.2 Å². The van der Waals surface area contributed by atoms with Crippen LogP contribution in [0.5, 0.6) is 0 Å². The molecular formula is C29H24FN7. The summed E-state index contributed by atoms with van der Waals surface area (Å²) in [6.07, 6.45) is 3.66. The van der Waals surface area contributed by atoms with Gasteiger partial charge in [-0.25, -0.2) is 18.9 Å². The fourth-order valence-electron chi connectivity index (χ4n) is 5.18. The summed E-state index contributed by atoms with van der Waals surface area (Å²) in [4.78, 5) is 14.9. The lowest BCUT2D eigenvalue weighted by atomic mass is 10.0. The van der Waals surface area contributed by atoms with Gasteiger partial charge >= 0.3 is 0 Å². The van der Waals surface area contributed by atoms with Crippen LogP contribution in [0, 0.1) is 5.82 Å². The molecule has 6 aromatic rings. The highest BCUT2D eigenvalue weighted by Gasteiger charge is 2.24. The van der Waals surface area contributed by atoms with Gasteiger partial charge in [0.25, 0.3) is 0 Å². The molecule has 0 spiro atoms. The summed E-state index contributed by atoms with van der Waals surface area (Å²) in [5, 5.41) is 9.71. The largest absolute Gasteiger partial charge is 0.352 e. The zero-order valence-electron chi connectivity index (χ0n) is 20.0. The SMILES string of the molecule is Fc1ccc(-c2nc3ccc(N4CCN[C@H](c5ccccc5)C4)nn3c2-c2ccnc3[nH]ccc23)cc1. The van der Waals surface area contributed by atoms with Gasteiger partial charge in [-0.1, -0.05) is 30.3 Å². The molecule has 7 nitrogen and oxygen atoms in total. The number of piperazine rings is 1. The Morgan fingerprint density at radius 3 is 2.65 bits per heavy atom. The van der Waals surface area contributed by atoms with E-state index in [2.05, 4.69) is 44.5 Å². The third-order valence-corrected chi connectivity index (χ3v) is 7.00. The average molecular weight is 490 g/mol. The Kier molecular flexibility index (Phi) is 5.18. The van der Waals surface area contributed by atoms with E-state index in [1.807, 2.05) is 41.0 Å². The molecule has 0 radical (unpaired) electrons. The van der Waals surface area contributed by atoms with Gasteiger partial charge in [0.15, 0.2) is 5.65 Å². The van der Waals surface area contributed by atoms with Crippen molar-refractivity contribution in [2.24, 2.45) is 0 Å². The zero-order valence-corrected chi connectivity index (χ0v) is 20.0. The van der Waals surface area contributed by atoms with E-state index in [0.29, 0.717) is 0 Å². The molecule has 2 aromatic carbocycles. The molecule has 37 heavy (non-hydrogen) atoms. The Bertz CT molecular complexity index is 1710. The molecule has 2 N–H and O–H groups in total. The van der Waals surface area contributed by atoms with Gasteiger partial charge in [0.2, 0.25) is 0 Å². The monoisotopic (exact) mass is 489 g/mol. The number of pyridine rings is 1. The first-order chi connectivity index (χ1) is 18.2. The van der Waals surface area contributed by atoms with Crippen LogP contribution in [-0.2, 0) is 0 Å². The number of rotatable bonds is 4. The van der Waals surface area contributed by atoms with Crippen LogP contribution < -0.4 is 10.2 Å². The summed E-state index contributed by atoms with van der Waals surface area (Å²) in [6, 6.07) is 25.2. The van der Waals surface area contributed by atoms with Crippen molar-refractivity contribution in [2.75, 3.05) is 24.5 Å². The molecule has 0 aliphatic carbocycles. The lowest BCUT2D eigenvalue weighted by molar-refractivity contribution is 0.468. The third kappa shape index (κ3) is 3.82. The lowest BCUT2D eigenvalue weighted by Gasteiger charge is -2.34. The van der Waals surface area contributed by atoms with Crippen molar-refractivity contribution >= 4 is 22.5 Å². The highest BCUT2D eigenvalue weighted by molar-refractivity contribution is 5.96. The molecule has 8 heteroatoms. The van der Waals surface area contributed by atoms with E-state index < -0.39 is 0 Å². The van der Waals surface area contributed by atoms with Gasteiger partial charge < -0.3 is 15.2 Å². The number of halogens is 1. The molecule has 1 fully saturated rings. The maximum atomic E-state index is 13.7. The molecule has 1 aliphatic heterocycles. The minimum atomic E-state index is -0.280. The second-order valence-electron chi connectivity index (χ2n) is 9.24. The van der Waals surface area contributed by atoms with Crippen LogP contribution in [0.2, 0.25) is 0 Å². The fourth-order valence-corrected chi connectivity index (χ4v) is 5.18. The van der Waals surface area contributed by atoms with Crippen molar-refractivity contribution < 1.29 is 4.39 Å². The summed E-state index contributed by atoms with van der Waals surface area (Å²) >= 11 is 0. The van der Waals surface area contributed by atoms with Gasteiger partial charge in [-0.2, -0.15) is 0 Å². The van der Waals surface area contributed by atoms with Gasteiger partial charge in [-0.3, -0.25) is 0 Å². The Hall–Kier alpha value is -4.56. The van der Waals surface area contributed by atoms with Crippen molar-refractivity contribution in [3.05, 3.63) is 103 Å². The van der Waals surface area contributed by atoms with E-state index in [4.69, 9.17) is 10.1 Å². The number of hydrogen-bond acceptors (Lipinski definition) is 5. The molecule has 1 saturated heterocycles. The molecule has 4 aromatic heterocycles. The molecule has 1 aliphatic rings. The van der Waals surface area contributed by atoms with Crippen LogP contribution in [0.15, 0.2) is 91.3 Å². The predicted molar refractivity (Wildman–Crippen MR) is 143 cm³/mol. The summed E-state index contributed by atoms with van der Waals surface area (Å²) in [6.45, 7) is 2.54. The zero-order chi connectivity index (χ0) is 24.8. The van der Waals surface area contributed by atoms with Crippen molar-refractivity contribution in [2.45, 2.75) is 6.04 Å². The minimum absolute atomic E-state index is 0.226. The van der Waals surface area contributed by atoms with Crippen LogP contribution in [0.25, 0.3) is 39.2 Å². The van der Waals surface area contributed by atoms with Gasteiger partial charge in [0.1, 0.15) is 23.0 Å². The molecule has 182 valence electrons. The number of aromatic nitrogens is 5. The van der Waals surface area contributed by atoms with E-state index in [0.717, 1.165) is 64.6 Å². The van der Waals surface area contributed by atoms with Gasteiger partial charge in [0, 0.05) is 54.6 Å². The summed E-state index contributed by atoms with van der Waals surface area (Å²) in [5.41, 5.74) is 6.18. The maximum absolute atomic E-state index is 13.7. The average Bonchev–Trinajstić information content (AvgIpc) is 3.59. The van der Waals surface area contributed by atoms with E-state index in [9.17, 15) is 4.39 Å². The highest BCUT2D eigenvalue weighted by Crippen LogP contribution is 2.36. The molecule has 1 atom stereocenters. The predicted octanol–water partition coefficient (Wildman–Crippen LogP) is 5.23. The number of fused-ring (bicyclic) bond motifs is 2. The first-order valence-electron chi connectivity index (χ1n) is 12.4. The van der Waals surface area contributed by atoms with Crippen LogP contribution in [0.3, 0.4) is 0 Å². The maximum Gasteiger partial charge on any atom is 0.155 e. The quantitative estimate of drug-likeness (QED) is 0.355. The van der Waals surface area contributed by atoms with E-state index in [-0.39, 0.29) is 11.9 Å². The standard InChI is InChI=1S/C29H24FN7/c30-21-8-6-20(7-9-21)27-28(22-12-14-32-29-23(22)13-15-33-29)37-25(34-27)10-11-26(35-37)36-17-16-31-24(18-36)19-4-2-1-3-5-19/h1-15,24,31H,16-18H2,(H,32,33)/t24-/m0/s1. The molecular weight excluding hydrogens is 465 g/mol. The second kappa shape index (κ2) is 8.83. The Balaban J connectivity index is 1.38. The van der Waals surface area contributed by atoms with Gasteiger partial charge in [0.05, 0.1) is 5.69 Å². The van der Waals surface area contributed by atoms with Crippen molar-refractivity contribution in [1.82, 2.24) is 29.9 Å². The number of imidazole rings is 1. The molecule has 0 bridgehead atoms.